The molecule has 25 heavy (non-hydrogen) atoms. The smallest absolute Gasteiger partial charge is 0.248 e. The van der Waals surface area contributed by atoms with Crippen molar-refractivity contribution in [2.45, 2.75) is 23.8 Å². The highest BCUT2D eigenvalue weighted by molar-refractivity contribution is 7.89. The molecule has 0 radical (unpaired) electrons. The summed E-state index contributed by atoms with van der Waals surface area (Å²) in [6.07, 6.45) is 1.48. The van der Waals surface area contributed by atoms with Crippen LogP contribution in [0.2, 0.25) is 0 Å². The van der Waals surface area contributed by atoms with Crippen molar-refractivity contribution in [2.75, 3.05) is 32.7 Å². The molecule has 3 rings (SSSR count). The Bertz CT molecular complexity index is 780. The van der Waals surface area contributed by atoms with Crippen LogP contribution in [-0.4, -0.2) is 68.2 Å². The van der Waals surface area contributed by atoms with Crippen molar-refractivity contribution in [3.8, 4) is 0 Å². The van der Waals surface area contributed by atoms with Crippen molar-refractivity contribution < 1.29 is 18.0 Å². The van der Waals surface area contributed by atoms with Gasteiger partial charge in [-0.05, 0) is 31.0 Å². The van der Waals surface area contributed by atoms with E-state index in [4.69, 9.17) is 5.73 Å². The molecule has 2 fully saturated rings. The van der Waals surface area contributed by atoms with Gasteiger partial charge in [-0.15, -0.1) is 0 Å². The molecule has 2 aliphatic heterocycles. The minimum atomic E-state index is -3.74. The summed E-state index contributed by atoms with van der Waals surface area (Å²) in [5.41, 5.74) is 5.40. The van der Waals surface area contributed by atoms with Crippen LogP contribution in [0.5, 0.6) is 0 Å². The summed E-state index contributed by atoms with van der Waals surface area (Å²) in [7, 11) is -3.74. The van der Waals surface area contributed by atoms with Crippen molar-refractivity contribution in [1.82, 2.24) is 14.5 Å². The number of primary amides is 1. The molecule has 2 saturated heterocycles. The van der Waals surface area contributed by atoms with Crippen LogP contribution in [0.4, 0.5) is 0 Å². The second-order valence-electron chi connectivity index (χ2n) is 6.32. The van der Waals surface area contributed by atoms with Crippen LogP contribution in [0.3, 0.4) is 0 Å². The number of piperazine rings is 1. The lowest BCUT2D eigenvalue weighted by atomic mass is 10.1. The zero-order chi connectivity index (χ0) is 18.0. The van der Waals surface area contributed by atoms with Crippen LogP contribution < -0.4 is 11.1 Å². The van der Waals surface area contributed by atoms with E-state index in [0.717, 1.165) is 13.0 Å². The molecular weight excluding hydrogens is 344 g/mol. The molecule has 1 aromatic rings. The molecule has 0 aromatic heterocycles. The first-order chi connectivity index (χ1) is 11.9. The fraction of sp³-hybridized carbons (Fsp3) is 0.500. The first kappa shape index (κ1) is 17.8. The predicted octanol–water partition coefficient (Wildman–Crippen LogP) is -0.630. The molecule has 3 N–H and O–H groups in total. The number of nitrogens with two attached hydrogens (primary N) is 1. The molecule has 0 spiro atoms. The maximum atomic E-state index is 12.9. The molecule has 0 aliphatic carbocycles. The van der Waals surface area contributed by atoms with E-state index >= 15 is 0 Å². The Balaban J connectivity index is 1.81. The fourth-order valence-electron chi connectivity index (χ4n) is 3.36. The second-order valence-corrected chi connectivity index (χ2v) is 8.25. The van der Waals surface area contributed by atoms with E-state index in [2.05, 4.69) is 5.32 Å². The van der Waals surface area contributed by atoms with Crippen LogP contribution >= 0.6 is 0 Å². The van der Waals surface area contributed by atoms with E-state index in [1.165, 1.54) is 28.6 Å². The summed E-state index contributed by atoms with van der Waals surface area (Å²) < 4.78 is 27.3. The SMILES string of the molecule is NC(=O)c1cccc(S(=O)(=O)N2CCCC(N3CCNCC3=O)C2)c1. The molecule has 2 aliphatic rings. The van der Waals surface area contributed by atoms with Gasteiger partial charge < -0.3 is 16.0 Å². The Kier molecular flexibility index (Phi) is 5.07. The highest BCUT2D eigenvalue weighted by Gasteiger charge is 2.35. The standard InChI is InChI=1S/C16H22N4O4S/c17-16(22)12-3-1-5-14(9-12)25(23,24)19-7-2-4-13(11-19)20-8-6-18-10-15(20)21/h1,3,5,9,13,18H,2,4,6-8,10-11H2,(H2,17,22). The summed E-state index contributed by atoms with van der Waals surface area (Å²) >= 11 is 0. The Labute approximate surface area is 147 Å². The van der Waals surface area contributed by atoms with Crippen molar-refractivity contribution in [1.29, 1.82) is 0 Å². The van der Waals surface area contributed by atoms with Crippen molar-refractivity contribution in [2.24, 2.45) is 5.73 Å². The van der Waals surface area contributed by atoms with Crippen LogP contribution in [0.1, 0.15) is 23.2 Å². The van der Waals surface area contributed by atoms with Gasteiger partial charge in [0, 0.05) is 37.8 Å². The molecule has 1 aromatic carbocycles. The van der Waals surface area contributed by atoms with E-state index in [9.17, 15) is 18.0 Å². The Hall–Kier alpha value is -1.97. The molecular formula is C16H22N4O4S. The topological polar surface area (TPSA) is 113 Å². The van der Waals surface area contributed by atoms with Gasteiger partial charge in [-0.25, -0.2) is 8.42 Å². The lowest BCUT2D eigenvalue weighted by molar-refractivity contribution is -0.135. The number of piperidine rings is 1. The third kappa shape index (κ3) is 3.68. The minimum Gasteiger partial charge on any atom is -0.366 e. The van der Waals surface area contributed by atoms with Crippen LogP contribution in [0.15, 0.2) is 29.2 Å². The average molecular weight is 366 g/mol. The number of benzene rings is 1. The Morgan fingerprint density at radius 1 is 1.28 bits per heavy atom. The summed E-state index contributed by atoms with van der Waals surface area (Å²) in [5, 5.41) is 3.02. The van der Waals surface area contributed by atoms with Crippen LogP contribution in [0, 0.1) is 0 Å². The van der Waals surface area contributed by atoms with Crippen molar-refractivity contribution in [3.05, 3.63) is 29.8 Å². The molecule has 1 unspecified atom stereocenters. The van der Waals surface area contributed by atoms with Crippen LogP contribution in [0.25, 0.3) is 0 Å². The summed E-state index contributed by atoms with van der Waals surface area (Å²) in [6, 6.07) is 5.64. The van der Waals surface area contributed by atoms with Gasteiger partial charge >= 0.3 is 0 Å². The Morgan fingerprint density at radius 3 is 2.80 bits per heavy atom. The molecule has 2 amide bonds. The normalized spacial score (nSPS) is 22.8. The molecule has 136 valence electrons. The molecule has 0 saturated carbocycles. The van der Waals surface area contributed by atoms with E-state index in [-0.39, 0.29) is 29.0 Å². The number of amides is 2. The van der Waals surface area contributed by atoms with Gasteiger partial charge in [0.1, 0.15) is 0 Å². The maximum absolute atomic E-state index is 12.9. The van der Waals surface area contributed by atoms with Crippen LogP contribution in [-0.2, 0) is 14.8 Å². The summed E-state index contributed by atoms with van der Waals surface area (Å²) in [4.78, 5) is 25.2. The predicted molar refractivity (Wildman–Crippen MR) is 91.3 cm³/mol. The zero-order valence-electron chi connectivity index (χ0n) is 13.8. The number of hydrogen-bond donors (Lipinski definition) is 2. The van der Waals surface area contributed by atoms with Gasteiger partial charge in [0.25, 0.3) is 0 Å². The highest BCUT2D eigenvalue weighted by Crippen LogP contribution is 2.24. The highest BCUT2D eigenvalue weighted by atomic mass is 32.2. The largest absolute Gasteiger partial charge is 0.366 e. The van der Waals surface area contributed by atoms with E-state index in [0.29, 0.717) is 26.1 Å². The number of rotatable bonds is 4. The van der Waals surface area contributed by atoms with Gasteiger partial charge in [0.05, 0.1) is 11.4 Å². The third-order valence-corrected chi connectivity index (χ3v) is 6.54. The van der Waals surface area contributed by atoms with Gasteiger partial charge in [0.2, 0.25) is 21.8 Å². The van der Waals surface area contributed by atoms with E-state index in [1.54, 1.807) is 4.90 Å². The first-order valence-corrected chi connectivity index (χ1v) is 9.74. The van der Waals surface area contributed by atoms with Gasteiger partial charge in [-0.2, -0.15) is 4.31 Å². The Morgan fingerprint density at radius 2 is 2.08 bits per heavy atom. The minimum absolute atomic E-state index is 0.00576. The van der Waals surface area contributed by atoms with Crippen molar-refractivity contribution >= 4 is 21.8 Å². The third-order valence-electron chi connectivity index (χ3n) is 4.68. The number of nitrogens with zero attached hydrogens (tertiary/aromatic N) is 2. The fourth-order valence-corrected chi connectivity index (χ4v) is 4.92. The van der Waals surface area contributed by atoms with E-state index in [1.807, 2.05) is 0 Å². The molecule has 1 atom stereocenters. The number of hydrogen-bond acceptors (Lipinski definition) is 5. The van der Waals surface area contributed by atoms with Gasteiger partial charge in [-0.3, -0.25) is 9.59 Å². The van der Waals surface area contributed by atoms with E-state index < -0.39 is 15.9 Å². The zero-order valence-corrected chi connectivity index (χ0v) is 14.7. The number of sulfonamides is 1. The van der Waals surface area contributed by atoms with Gasteiger partial charge in [-0.1, -0.05) is 6.07 Å². The van der Waals surface area contributed by atoms with Gasteiger partial charge in [0.15, 0.2) is 0 Å². The number of carbonyl (C=O) groups is 2. The number of nitrogens with one attached hydrogen (secondary N) is 1. The first-order valence-electron chi connectivity index (χ1n) is 8.30. The second kappa shape index (κ2) is 7.11. The summed E-state index contributed by atoms with van der Waals surface area (Å²) in [5.74, 6) is -0.661. The quantitative estimate of drug-likeness (QED) is 0.737. The lowest BCUT2D eigenvalue weighted by Crippen LogP contribution is -2.57. The lowest BCUT2D eigenvalue weighted by Gasteiger charge is -2.40. The number of carbonyl (C=O) groups excluding carboxylic acids is 2. The summed E-state index contributed by atoms with van der Waals surface area (Å²) in [6.45, 7) is 2.28. The average Bonchev–Trinajstić information content (AvgIpc) is 2.62. The van der Waals surface area contributed by atoms with Crippen molar-refractivity contribution in [3.63, 3.8) is 0 Å². The molecule has 2 heterocycles. The molecule has 9 heteroatoms. The maximum Gasteiger partial charge on any atom is 0.248 e. The monoisotopic (exact) mass is 366 g/mol. The molecule has 8 nitrogen and oxygen atoms in total. The molecule has 0 bridgehead atoms.